The molecule has 6 aromatic carbocycles. The zero-order chi connectivity index (χ0) is 39.8. The van der Waals surface area contributed by atoms with Crippen molar-refractivity contribution in [3.05, 3.63) is 178 Å². The van der Waals surface area contributed by atoms with Crippen LogP contribution in [-0.4, -0.2) is 25.5 Å². The maximum atomic E-state index is 5.82. The average Bonchev–Trinajstić information content (AvgIpc) is 3.83. The third-order valence-corrected chi connectivity index (χ3v) is 13.2. The Morgan fingerprint density at radius 2 is 1.27 bits per heavy atom. The molecule has 0 unspecified atom stereocenters. The number of aryl methyl sites for hydroxylation is 6. The van der Waals surface area contributed by atoms with E-state index in [-0.39, 0.29) is 26.6 Å². The Morgan fingerprint density at radius 1 is 0.593 bits per heavy atom. The summed E-state index contributed by atoms with van der Waals surface area (Å²) in [6.07, 6.45) is 2.79. The summed E-state index contributed by atoms with van der Waals surface area (Å²) < 4.78 is 4.62. The number of hydrogen-bond donors (Lipinski definition) is 0. The topological polar surface area (TPSA) is 38.4 Å². The first-order valence-electron chi connectivity index (χ1n) is 20.4. The third kappa shape index (κ3) is 5.26. The molecule has 0 fully saturated rings. The normalized spacial score (nSPS) is 18.5. The Bertz CT molecular complexity index is 3250. The third-order valence-electron chi connectivity index (χ3n) is 13.2. The second kappa shape index (κ2) is 13.1. The van der Waals surface area contributed by atoms with Crippen LogP contribution in [0.4, 0.5) is 5.69 Å². The van der Waals surface area contributed by atoms with Crippen LogP contribution in [0.5, 0.6) is 0 Å². The summed E-state index contributed by atoms with van der Waals surface area (Å²) in [6, 6.07) is 48.1. The summed E-state index contributed by atoms with van der Waals surface area (Å²) in [4.78, 5) is 13.3. The Balaban J connectivity index is 0.00000420. The van der Waals surface area contributed by atoms with Gasteiger partial charge in [-0.05, 0) is 119 Å². The number of aromatic nitrogens is 3. The van der Waals surface area contributed by atoms with Gasteiger partial charge >= 0.3 is 21.1 Å². The van der Waals surface area contributed by atoms with Crippen LogP contribution in [0.1, 0.15) is 63.9 Å². The number of amidine groups is 1. The molecule has 59 heavy (non-hydrogen) atoms. The molecule has 292 valence electrons. The second-order valence-corrected chi connectivity index (χ2v) is 17.3. The van der Waals surface area contributed by atoms with Gasteiger partial charge in [0.2, 0.25) is 0 Å². The molecule has 0 amide bonds. The van der Waals surface area contributed by atoms with E-state index in [1.165, 1.54) is 55.4 Å². The van der Waals surface area contributed by atoms with Crippen LogP contribution in [0.3, 0.4) is 0 Å². The molecule has 5 nitrogen and oxygen atoms in total. The summed E-state index contributed by atoms with van der Waals surface area (Å²) >= 11 is 0. The molecule has 2 aliphatic rings. The van der Waals surface area contributed by atoms with E-state index in [2.05, 4.69) is 185 Å². The van der Waals surface area contributed by atoms with Gasteiger partial charge in [0.25, 0.3) is 0 Å². The zero-order valence-corrected chi connectivity index (χ0v) is 37.0. The Kier molecular flexibility index (Phi) is 8.34. The van der Waals surface area contributed by atoms with Crippen molar-refractivity contribution in [3.8, 4) is 11.4 Å². The first-order valence-corrected chi connectivity index (χ1v) is 20.4. The van der Waals surface area contributed by atoms with Crippen molar-refractivity contribution in [1.82, 2.24) is 14.1 Å². The van der Waals surface area contributed by atoms with Crippen molar-refractivity contribution in [1.29, 1.82) is 0 Å². The number of rotatable bonds is 4. The number of benzene rings is 6. The molecule has 1 aliphatic carbocycles. The number of hydrogen-bond acceptors (Lipinski definition) is 3. The fraction of sp³-hybridized carbons (Fsp3) is 0.208. The number of pyridine rings is 1. The SMILES string of the molecule is Cc1cc(C2=N[C@]3(C)c4ccccc4C[C@]3(C)N2c2c(C)cc(C)cc2C)[c-]c(-n2c3[c-]c(-n4c5ccc(C)cc5c5cccnc54)ccc3c3cc(C)ccc32)c1.[Pt+2]. The molecule has 0 bridgehead atoms. The first-order chi connectivity index (χ1) is 27.9. The molecular weight excluding hydrogens is 902 g/mol. The van der Waals surface area contributed by atoms with Crippen molar-refractivity contribution in [2.75, 3.05) is 4.90 Å². The van der Waals surface area contributed by atoms with Gasteiger partial charge in [0.05, 0.1) is 22.4 Å². The van der Waals surface area contributed by atoms with Gasteiger partial charge in [0, 0.05) is 28.2 Å². The van der Waals surface area contributed by atoms with Crippen molar-refractivity contribution >= 4 is 55.3 Å². The zero-order valence-electron chi connectivity index (χ0n) is 34.7. The first kappa shape index (κ1) is 37.5. The molecule has 0 saturated carbocycles. The summed E-state index contributed by atoms with van der Waals surface area (Å²) in [7, 11) is 0. The van der Waals surface area contributed by atoms with E-state index in [4.69, 9.17) is 9.98 Å². The predicted octanol–water partition coefficient (Wildman–Crippen LogP) is 12.2. The van der Waals surface area contributed by atoms with Gasteiger partial charge in [-0.1, -0.05) is 89.4 Å². The Morgan fingerprint density at radius 3 is 2.02 bits per heavy atom. The van der Waals surface area contributed by atoms with Crippen molar-refractivity contribution in [2.24, 2.45) is 4.99 Å². The minimum Gasteiger partial charge on any atom is -0.357 e. The minimum atomic E-state index is -0.456. The van der Waals surface area contributed by atoms with Crippen LogP contribution in [0.2, 0.25) is 0 Å². The maximum absolute atomic E-state index is 5.82. The molecule has 0 spiro atoms. The number of anilines is 1. The van der Waals surface area contributed by atoms with E-state index in [1.54, 1.807) is 0 Å². The van der Waals surface area contributed by atoms with Gasteiger partial charge in [-0.2, -0.15) is 6.07 Å². The van der Waals surface area contributed by atoms with E-state index in [0.717, 1.165) is 67.7 Å². The Labute approximate surface area is 360 Å². The largest absolute Gasteiger partial charge is 2.00 e. The molecular formula is C53H45N5Pt. The van der Waals surface area contributed by atoms with Crippen molar-refractivity contribution < 1.29 is 21.1 Å². The van der Waals surface area contributed by atoms with Crippen LogP contribution in [-0.2, 0) is 33.0 Å². The summed E-state index contributed by atoms with van der Waals surface area (Å²) in [6.45, 7) is 18.0. The summed E-state index contributed by atoms with van der Waals surface area (Å²) in [5, 5.41) is 4.68. The quantitative estimate of drug-likeness (QED) is 0.165. The van der Waals surface area contributed by atoms with E-state index < -0.39 is 5.54 Å². The van der Waals surface area contributed by atoms with E-state index >= 15 is 0 Å². The van der Waals surface area contributed by atoms with Crippen LogP contribution >= 0.6 is 0 Å². The molecule has 9 aromatic rings. The van der Waals surface area contributed by atoms with Gasteiger partial charge in [0.1, 0.15) is 5.65 Å². The monoisotopic (exact) mass is 946 g/mol. The molecule has 6 heteroatoms. The van der Waals surface area contributed by atoms with E-state index in [1.807, 2.05) is 12.3 Å². The molecule has 2 atom stereocenters. The van der Waals surface area contributed by atoms with Gasteiger partial charge < -0.3 is 19.0 Å². The number of fused-ring (bicyclic) bond motifs is 9. The minimum absolute atomic E-state index is 0. The summed E-state index contributed by atoms with van der Waals surface area (Å²) in [5.41, 5.74) is 17.6. The number of aliphatic imine (C=N–C) groups is 1. The molecule has 0 saturated heterocycles. The van der Waals surface area contributed by atoms with E-state index in [0.29, 0.717) is 0 Å². The van der Waals surface area contributed by atoms with Crippen LogP contribution in [0.25, 0.3) is 55.1 Å². The van der Waals surface area contributed by atoms with Gasteiger partial charge in [-0.25, -0.2) is 4.98 Å². The number of nitrogens with zero attached hydrogens (tertiary/aromatic N) is 5. The van der Waals surface area contributed by atoms with Crippen molar-refractivity contribution in [3.63, 3.8) is 0 Å². The van der Waals surface area contributed by atoms with Gasteiger partial charge in [-0.15, -0.1) is 46.8 Å². The second-order valence-electron chi connectivity index (χ2n) is 17.3. The van der Waals surface area contributed by atoms with E-state index in [9.17, 15) is 0 Å². The molecule has 1 aliphatic heterocycles. The van der Waals surface area contributed by atoms with Crippen LogP contribution in [0.15, 0.2) is 120 Å². The predicted molar refractivity (Wildman–Crippen MR) is 240 cm³/mol. The molecule has 0 radical (unpaired) electrons. The smallest absolute Gasteiger partial charge is 0.357 e. The maximum Gasteiger partial charge on any atom is 2.00 e. The van der Waals surface area contributed by atoms with Gasteiger partial charge in [-0.3, -0.25) is 0 Å². The fourth-order valence-electron chi connectivity index (χ4n) is 10.6. The average molecular weight is 947 g/mol. The molecule has 11 rings (SSSR count). The Hall–Kier alpha value is -5.77. The summed E-state index contributed by atoms with van der Waals surface area (Å²) in [5.74, 6) is 0.965. The fourth-order valence-corrected chi connectivity index (χ4v) is 10.6. The van der Waals surface area contributed by atoms with Crippen LogP contribution < -0.4 is 4.90 Å². The van der Waals surface area contributed by atoms with Crippen molar-refractivity contribution in [2.45, 2.75) is 72.9 Å². The van der Waals surface area contributed by atoms with Gasteiger partial charge in [0.15, 0.2) is 0 Å². The molecule has 4 heterocycles. The van der Waals surface area contributed by atoms with Crippen LogP contribution in [0, 0.1) is 53.7 Å². The molecule has 3 aromatic heterocycles. The standard InChI is InChI=1S/C53H45N5.Pt/c1-31-15-19-46-43(26-31)41-18-17-39(57-47-20-16-32(2)27-44(47)42-13-11-21-54-51(42)57)29-48(41)56(46)40-25-34(4)24-38(28-40)50-55-53(8)45-14-10-9-12-37(45)30-52(53,7)58(50)49-35(5)22-33(3)23-36(49)6;/h9-27H,30H2,1-8H3;/q-2;+2/t52-,53+;/m0./s1. The molecule has 0 N–H and O–H groups in total.